The topological polar surface area (TPSA) is 165 Å². The molecule has 4 aromatic carbocycles. The molecule has 0 saturated carbocycles. The average molecular weight is 583 g/mol. The van der Waals surface area contributed by atoms with E-state index < -0.39 is 17.8 Å². The highest BCUT2D eigenvalue weighted by Crippen LogP contribution is 2.33. The molecule has 4 rings (SSSR count). The van der Waals surface area contributed by atoms with Crippen LogP contribution in [0.15, 0.2) is 72.8 Å². The van der Waals surface area contributed by atoms with Gasteiger partial charge in [-0.05, 0) is 77.4 Å². The van der Waals surface area contributed by atoms with Crippen molar-refractivity contribution in [3.8, 4) is 22.6 Å². The molecule has 1 amide bonds. The minimum Gasteiger partial charge on any atom is -0.508 e. The summed E-state index contributed by atoms with van der Waals surface area (Å²) < 4.78 is 0. The maximum absolute atomic E-state index is 12.7. The Kier molecular flexibility index (Phi) is 8.44. The second-order valence-electron chi connectivity index (χ2n) is 8.42. The lowest BCUT2D eigenvalue weighted by Gasteiger charge is -2.13. The van der Waals surface area contributed by atoms with Crippen LogP contribution in [0.1, 0.15) is 36.6 Å². The third-order valence-corrected chi connectivity index (χ3v) is 6.35. The van der Waals surface area contributed by atoms with Crippen LogP contribution in [0, 0.1) is 0 Å². The number of nitrogens with one attached hydrogen (secondary N) is 2. The molecule has 6 N–H and O–H groups in total. The summed E-state index contributed by atoms with van der Waals surface area (Å²) in [6, 6.07) is 17.0. The Morgan fingerprint density at radius 2 is 1.23 bits per heavy atom. The van der Waals surface area contributed by atoms with Gasteiger partial charge in [-0.15, -0.1) is 0 Å². The van der Waals surface area contributed by atoms with Crippen LogP contribution in [0.5, 0.6) is 11.5 Å². The van der Waals surface area contributed by atoms with Crippen LogP contribution in [0.25, 0.3) is 11.1 Å². The maximum atomic E-state index is 12.7. The van der Waals surface area contributed by atoms with E-state index in [1.165, 1.54) is 30.3 Å². The molecule has 204 valence electrons. The standard InChI is InChI=1S/C28H20Cl2N2O8/c29-22-10-14(1-7-24(22)31-26(35)21-12-18(34)4-6-20(21)28(38)39)15-2-8-25(23(30)11-15)32-40-13-16-9-17(33)3-5-19(16)27(36)37/h1-12,32-34H,13H2,(H,31,35)(H,36,37)(H,38,39). The SMILES string of the molecule is O=C(O)c1ccc(O)cc1CONc1ccc(-c2ccc(NC(=O)c3cc(O)ccc3C(=O)O)c(Cl)c2)cc1Cl. The Hall–Kier alpha value is -4.77. The Bertz CT molecular complexity index is 1640. The van der Waals surface area contributed by atoms with Crippen molar-refractivity contribution in [3.63, 3.8) is 0 Å². The fourth-order valence-corrected chi connectivity index (χ4v) is 4.22. The number of hydrogen-bond acceptors (Lipinski definition) is 7. The van der Waals surface area contributed by atoms with Gasteiger partial charge in [-0.25, -0.2) is 9.59 Å². The van der Waals surface area contributed by atoms with Gasteiger partial charge in [0, 0.05) is 0 Å². The van der Waals surface area contributed by atoms with Crippen LogP contribution in [0.2, 0.25) is 10.0 Å². The first-order valence-corrected chi connectivity index (χ1v) is 12.2. The molecule has 0 atom stereocenters. The number of hydrogen-bond donors (Lipinski definition) is 6. The van der Waals surface area contributed by atoms with E-state index in [-0.39, 0.29) is 56.1 Å². The minimum absolute atomic E-state index is 0.0122. The normalized spacial score (nSPS) is 10.7. The molecule has 0 spiro atoms. The third kappa shape index (κ3) is 6.44. The van der Waals surface area contributed by atoms with Crippen molar-refractivity contribution in [2.45, 2.75) is 6.61 Å². The van der Waals surface area contributed by atoms with E-state index in [0.717, 1.165) is 12.1 Å². The van der Waals surface area contributed by atoms with Crippen molar-refractivity contribution in [1.82, 2.24) is 0 Å². The molecule has 10 nitrogen and oxygen atoms in total. The predicted molar refractivity (Wildman–Crippen MR) is 148 cm³/mol. The van der Waals surface area contributed by atoms with Gasteiger partial charge in [0.2, 0.25) is 0 Å². The Labute approximate surface area is 236 Å². The zero-order valence-corrected chi connectivity index (χ0v) is 21.8. The average Bonchev–Trinajstić information content (AvgIpc) is 2.90. The number of anilines is 2. The Balaban J connectivity index is 1.46. The van der Waals surface area contributed by atoms with Crippen molar-refractivity contribution in [2.75, 3.05) is 10.8 Å². The van der Waals surface area contributed by atoms with Gasteiger partial charge in [0.15, 0.2) is 0 Å². The molecule has 0 fully saturated rings. The zero-order chi connectivity index (χ0) is 29.0. The van der Waals surface area contributed by atoms with Gasteiger partial charge in [0.05, 0.1) is 38.1 Å². The van der Waals surface area contributed by atoms with Crippen LogP contribution >= 0.6 is 23.2 Å². The summed E-state index contributed by atoms with van der Waals surface area (Å²) in [5, 5.41) is 40.9. The number of phenols is 2. The highest BCUT2D eigenvalue weighted by molar-refractivity contribution is 6.34. The van der Waals surface area contributed by atoms with Gasteiger partial charge in [-0.3, -0.25) is 15.1 Å². The molecule has 0 aliphatic carbocycles. The molecule has 0 heterocycles. The second-order valence-corrected chi connectivity index (χ2v) is 9.23. The lowest BCUT2D eigenvalue weighted by atomic mass is 10.0. The van der Waals surface area contributed by atoms with Crippen LogP contribution < -0.4 is 10.8 Å². The molecule has 0 aromatic heterocycles. The number of halogens is 2. The van der Waals surface area contributed by atoms with E-state index in [4.69, 9.17) is 28.0 Å². The second kappa shape index (κ2) is 12.0. The van der Waals surface area contributed by atoms with Gasteiger partial charge < -0.3 is 25.7 Å². The van der Waals surface area contributed by atoms with E-state index in [2.05, 4.69) is 10.8 Å². The van der Waals surface area contributed by atoms with E-state index >= 15 is 0 Å². The number of carbonyl (C=O) groups excluding carboxylic acids is 1. The molecule has 0 aliphatic heterocycles. The number of rotatable bonds is 9. The first-order valence-electron chi connectivity index (χ1n) is 11.4. The van der Waals surface area contributed by atoms with Crippen LogP contribution in [0.3, 0.4) is 0 Å². The lowest BCUT2D eigenvalue weighted by Crippen LogP contribution is -2.16. The summed E-state index contributed by atoms with van der Waals surface area (Å²) in [5.74, 6) is -3.60. The summed E-state index contributed by atoms with van der Waals surface area (Å²) in [4.78, 5) is 40.9. The first kappa shape index (κ1) is 28.2. The first-order chi connectivity index (χ1) is 19.0. The summed E-state index contributed by atoms with van der Waals surface area (Å²) in [5.41, 5.74) is 4.36. The Morgan fingerprint density at radius 1 is 0.675 bits per heavy atom. The lowest BCUT2D eigenvalue weighted by molar-refractivity contribution is 0.0682. The highest BCUT2D eigenvalue weighted by atomic mass is 35.5. The monoisotopic (exact) mass is 582 g/mol. The molecule has 12 heteroatoms. The fourth-order valence-electron chi connectivity index (χ4n) is 3.77. The fraction of sp³-hybridized carbons (Fsp3) is 0.0357. The summed E-state index contributed by atoms with van der Waals surface area (Å²) in [6.45, 7) is -0.159. The maximum Gasteiger partial charge on any atom is 0.336 e. The van der Waals surface area contributed by atoms with Crippen molar-refractivity contribution in [2.24, 2.45) is 0 Å². The number of phenolic OH excluding ortho intramolecular Hbond substituents is 2. The van der Waals surface area contributed by atoms with E-state index in [0.29, 0.717) is 16.8 Å². The molecular weight excluding hydrogens is 563 g/mol. The van der Waals surface area contributed by atoms with Crippen molar-refractivity contribution in [1.29, 1.82) is 0 Å². The number of carbonyl (C=O) groups is 3. The smallest absolute Gasteiger partial charge is 0.336 e. The van der Waals surface area contributed by atoms with Crippen molar-refractivity contribution < 1.29 is 39.6 Å². The molecule has 4 aromatic rings. The summed E-state index contributed by atoms with van der Waals surface area (Å²) >= 11 is 12.8. The minimum atomic E-state index is -1.32. The number of amides is 1. The van der Waals surface area contributed by atoms with Crippen molar-refractivity contribution in [3.05, 3.63) is 105 Å². The number of carboxylic acid groups (broad SMARTS) is 2. The molecule has 0 bridgehead atoms. The van der Waals surface area contributed by atoms with E-state index in [1.807, 2.05) is 0 Å². The summed E-state index contributed by atoms with van der Waals surface area (Å²) in [7, 11) is 0. The van der Waals surface area contributed by atoms with E-state index in [1.54, 1.807) is 30.3 Å². The van der Waals surface area contributed by atoms with Gasteiger partial charge >= 0.3 is 11.9 Å². The number of benzene rings is 4. The molecule has 0 aliphatic rings. The van der Waals surface area contributed by atoms with Crippen LogP contribution in [-0.4, -0.2) is 38.3 Å². The van der Waals surface area contributed by atoms with Gasteiger partial charge in [-0.2, -0.15) is 0 Å². The number of aromatic hydroxyl groups is 2. The molecular formula is C28H20Cl2N2O8. The molecule has 0 saturated heterocycles. The molecule has 0 unspecified atom stereocenters. The Morgan fingerprint density at radius 3 is 1.80 bits per heavy atom. The van der Waals surface area contributed by atoms with Crippen LogP contribution in [-0.2, 0) is 11.4 Å². The van der Waals surface area contributed by atoms with Gasteiger partial charge in [0.25, 0.3) is 5.91 Å². The van der Waals surface area contributed by atoms with Gasteiger partial charge in [0.1, 0.15) is 18.1 Å². The summed E-state index contributed by atoms with van der Waals surface area (Å²) in [6.07, 6.45) is 0. The highest BCUT2D eigenvalue weighted by Gasteiger charge is 2.19. The number of carboxylic acids is 2. The van der Waals surface area contributed by atoms with Gasteiger partial charge in [-0.1, -0.05) is 35.3 Å². The molecule has 0 radical (unpaired) electrons. The van der Waals surface area contributed by atoms with Crippen molar-refractivity contribution >= 4 is 52.4 Å². The molecule has 40 heavy (non-hydrogen) atoms. The predicted octanol–water partition coefficient (Wildman–Crippen LogP) is 6.26. The quantitative estimate of drug-likeness (QED) is 0.125. The van der Waals surface area contributed by atoms with E-state index in [9.17, 15) is 34.8 Å². The third-order valence-electron chi connectivity index (χ3n) is 5.73. The van der Waals surface area contributed by atoms with Crippen LogP contribution in [0.4, 0.5) is 11.4 Å². The number of aromatic carboxylic acids is 2. The zero-order valence-electron chi connectivity index (χ0n) is 20.3. The largest absolute Gasteiger partial charge is 0.508 e.